The van der Waals surface area contributed by atoms with Gasteiger partial charge in [0.25, 0.3) is 11.5 Å². The highest BCUT2D eigenvalue weighted by Crippen LogP contribution is 2.10. The number of hydrogen-bond donors (Lipinski definition) is 3. The van der Waals surface area contributed by atoms with Gasteiger partial charge in [-0.05, 0) is 18.2 Å². The van der Waals surface area contributed by atoms with Crippen LogP contribution in [0.2, 0.25) is 0 Å². The first-order chi connectivity index (χ1) is 10.0. The minimum absolute atomic E-state index is 0.142. The van der Waals surface area contributed by atoms with Crippen molar-refractivity contribution in [2.24, 2.45) is 5.73 Å². The number of rotatable bonds is 6. The Bertz CT molecular complexity index is 804. The first-order valence-corrected chi connectivity index (χ1v) is 7.48. The number of fused-ring (bicyclic) bond motifs is 1. The van der Waals surface area contributed by atoms with Gasteiger partial charge in [0, 0.05) is 19.3 Å². The van der Waals surface area contributed by atoms with E-state index in [9.17, 15) is 18.0 Å². The molecule has 0 aliphatic rings. The van der Waals surface area contributed by atoms with Crippen LogP contribution in [-0.2, 0) is 17.2 Å². The Hall–Kier alpha value is -2.26. The number of hydrogen-bond acceptors (Lipinski definition) is 6. The van der Waals surface area contributed by atoms with E-state index in [2.05, 4.69) is 10.3 Å². The minimum atomic E-state index is -2.52. The molecule has 2 rings (SSSR count). The predicted octanol–water partition coefficient (Wildman–Crippen LogP) is -1.35. The van der Waals surface area contributed by atoms with Gasteiger partial charge in [-0.15, -0.1) is 0 Å². The second-order valence-corrected chi connectivity index (χ2v) is 5.26. The molecule has 0 fully saturated rings. The van der Waals surface area contributed by atoms with E-state index in [0.717, 1.165) is 0 Å². The molecule has 0 radical (unpaired) electrons. The summed E-state index contributed by atoms with van der Waals surface area (Å²) in [5.41, 5.74) is 5.56. The number of aromatic nitrogens is 2. The van der Waals surface area contributed by atoms with E-state index in [-0.39, 0.29) is 24.5 Å². The molecule has 0 unspecified atom stereocenters. The van der Waals surface area contributed by atoms with Crippen molar-refractivity contribution in [3.05, 3.63) is 40.3 Å². The standard InChI is InChI=1S/C12H14N4O4S/c13-11(17)8-6-9-10(2-1-3-15-9)16(12(8)18)5-4-14-7-21(19)20/h1-3,6,14,21H,4-5,7H2,(H2,13,17). The summed E-state index contributed by atoms with van der Waals surface area (Å²) in [6, 6.07) is 4.73. The number of nitrogens with one attached hydrogen (secondary N) is 1. The third-order valence-corrected chi connectivity index (χ3v) is 3.36. The molecule has 2 aromatic heterocycles. The Morgan fingerprint density at radius 1 is 1.43 bits per heavy atom. The zero-order valence-corrected chi connectivity index (χ0v) is 11.9. The second-order valence-electron chi connectivity index (χ2n) is 4.28. The predicted molar refractivity (Wildman–Crippen MR) is 77.7 cm³/mol. The largest absolute Gasteiger partial charge is 0.365 e. The number of nitrogens with two attached hydrogens (primary N) is 1. The van der Waals surface area contributed by atoms with Gasteiger partial charge in [-0.25, -0.2) is 8.42 Å². The summed E-state index contributed by atoms with van der Waals surface area (Å²) in [7, 11) is -2.52. The molecule has 0 saturated carbocycles. The van der Waals surface area contributed by atoms with Gasteiger partial charge in [-0.2, -0.15) is 0 Å². The Morgan fingerprint density at radius 3 is 2.86 bits per heavy atom. The summed E-state index contributed by atoms with van der Waals surface area (Å²) in [6.07, 6.45) is 1.54. The van der Waals surface area contributed by atoms with E-state index in [0.29, 0.717) is 11.0 Å². The van der Waals surface area contributed by atoms with Crippen LogP contribution in [0.15, 0.2) is 29.2 Å². The number of nitrogens with zero attached hydrogens (tertiary/aromatic N) is 2. The van der Waals surface area contributed by atoms with Crippen LogP contribution in [0.5, 0.6) is 0 Å². The van der Waals surface area contributed by atoms with Crippen molar-refractivity contribution in [2.45, 2.75) is 6.54 Å². The van der Waals surface area contributed by atoms with Crippen LogP contribution in [0, 0.1) is 0 Å². The molecule has 0 aliphatic carbocycles. The van der Waals surface area contributed by atoms with Crippen molar-refractivity contribution in [3.63, 3.8) is 0 Å². The van der Waals surface area contributed by atoms with E-state index in [4.69, 9.17) is 5.73 Å². The number of carbonyl (C=O) groups is 1. The monoisotopic (exact) mass is 310 g/mol. The molecule has 0 saturated heterocycles. The zero-order chi connectivity index (χ0) is 15.4. The lowest BCUT2D eigenvalue weighted by molar-refractivity contribution is 0.0998. The van der Waals surface area contributed by atoms with Crippen LogP contribution in [0.4, 0.5) is 0 Å². The van der Waals surface area contributed by atoms with E-state index < -0.39 is 22.2 Å². The molecular formula is C12H14N4O4S. The molecule has 0 atom stereocenters. The fourth-order valence-corrected chi connectivity index (χ4v) is 2.30. The Kier molecular flexibility index (Phi) is 4.66. The molecule has 3 N–H and O–H groups in total. The third kappa shape index (κ3) is 3.44. The summed E-state index contributed by atoms with van der Waals surface area (Å²) in [5.74, 6) is -0.993. The average Bonchev–Trinajstić information content (AvgIpc) is 2.44. The first kappa shape index (κ1) is 15.1. The zero-order valence-electron chi connectivity index (χ0n) is 11.0. The van der Waals surface area contributed by atoms with Crippen molar-refractivity contribution in [1.82, 2.24) is 14.9 Å². The average molecular weight is 310 g/mol. The summed E-state index contributed by atoms with van der Waals surface area (Å²) in [4.78, 5) is 27.7. The summed E-state index contributed by atoms with van der Waals surface area (Å²) in [6.45, 7) is 0.459. The number of pyridine rings is 2. The summed E-state index contributed by atoms with van der Waals surface area (Å²) in [5, 5.41) is 2.68. The molecular weight excluding hydrogens is 296 g/mol. The van der Waals surface area contributed by atoms with Gasteiger partial charge in [0.2, 0.25) is 0 Å². The highest BCUT2D eigenvalue weighted by atomic mass is 32.2. The molecule has 2 aromatic rings. The molecule has 8 nitrogen and oxygen atoms in total. The van der Waals surface area contributed by atoms with Crippen LogP contribution in [-0.4, -0.2) is 36.3 Å². The van der Waals surface area contributed by atoms with Gasteiger partial charge >= 0.3 is 0 Å². The molecule has 0 bridgehead atoms. The Balaban J connectivity index is 2.42. The second kappa shape index (κ2) is 6.46. The maximum Gasteiger partial charge on any atom is 0.264 e. The molecule has 9 heteroatoms. The quantitative estimate of drug-likeness (QED) is 0.448. The molecule has 0 spiro atoms. The Morgan fingerprint density at radius 2 is 2.19 bits per heavy atom. The topological polar surface area (TPSA) is 124 Å². The number of amides is 1. The SMILES string of the molecule is NC(=O)c1cc2ncccc2n(CCNC[SH](=O)=O)c1=O. The van der Waals surface area contributed by atoms with E-state index in [1.165, 1.54) is 10.6 Å². The lowest BCUT2D eigenvalue weighted by Gasteiger charge is -2.11. The molecule has 112 valence electrons. The minimum Gasteiger partial charge on any atom is -0.365 e. The molecule has 21 heavy (non-hydrogen) atoms. The number of carbonyl (C=O) groups excluding carboxylic acids is 1. The smallest absolute Gasteiger partial charge is 0.264 e. The number of primary amides is 1. The maximum atomic E-state index is 12.2. The van der Waals surface area contributed by atoms with Gasteiger partial charge in [0.1, 0.15) is 5.56 Å². The molecule has 0 aromatic carbocycles. The summed E-state index contributed by atoms with van der Waals surface area (Å²) < 4.78 is 22.3. The van der Waals surface area contributed by atoms with Crippen LogP contribution >= 0.6 is 0 Å². The van der Waals surface area contributed by atoms with Crippen LogP contribution in [0.3, 0.4) is 0 Å². The van der Waals surface area contributed by atoms with Crippen LogP contribution < -0.4 is 16.6 Å². The fourth-order valence-electron chi connectivity index (χ4n) is 1.96. The van der Waals surface area contributed by atoms with E-state index >= 15 is 0 Å². The summed E-state index contributed by atoms with van der Waals surface area (Å²) >= 11 is 0. The molecule has 1 amide bonds. The van der Waals surface area contributed by atoms with Crippen LogP contribution in [0.1, 0.15) is 10.4 Å². The van der Waals surface area contributed by atoms with E-state index in [1.54, 1.807) is 18.3 Å². The van der Waals surface area contributed by atoms with Crippen molar-refractivity contribution >= 4 is 27.6 Å². The highest BCUT2D eigenvalue weighted by molar-refractivity contribution is 7.72. The van der Waals surface area contributed by atoms with Gasteiger partial charge in [-0.1, -0.05) is 0 Å². The maximum absolute atomic E-state index is 12.2. The van der Waals surface area contributed by atoms with Gasteiger partial charge < -0.3 is 15.6 Å². The van der Waals surface area contributed by atoms with E-state index in [1.807, 2.05) is 0 Å². The lowest BCUT2D eigenvalue weighted by Crippen LogP contribution is -2.33. The van der Waals surface area contributed by atoms with Crippen molar-refractivity contribution in [3.8, 4) is 0 Å². The Labute approximate surface area is 121 Å². The first-order valence-electron chi connectivity index (χ1n) is 6.11. The third-order valence-electron chi connectivity index (χ3n) is 2.88. The van der Waals surface area contributed by atoms with Gasteiger partial charge in [0.15, 0.2) is 10.7 Å². The van der Waals surface area contributed by atoms with Gasteiger partial charge in [0.05, 0.1) is 16.9 Å². The van der Waals surface area contributed by atoms with Crippen LogP contribution in [0.25, 0.3) is 11.0 Å². The molecule has 2 heterocycles. The van der Waals surface area contributed by atoms with Gasteiger partial charge in [-0.3, -0.25) is 14.6 Å². The van der Waals surface area contributed by atoms with Crippen molar-refractivity contribution < 1.29 is 13.2 Å². The normalized spacial score (nSPS) is 11.1. The van der Waals surface area contributed by atoms with Crippen molar-refractivity contribution in [1.29, 1.82) is 0 Å². The fraction of sp³-hybridized carbons (Fsp3) is 0.250. The molecule has 0 aliphatic heterocycles. The highest BCUT2D eigenvalue weighted by Gasteiger charge is 2.13. The number of thiol groups is 1. The van der Waals surface area contributed by atoms with Crippen molar-refractivity contribution in [2.75, 3.05) is 12.4 Å². The lowest BCUT2D eigenvalue weighted by atomic mass is 10.2.